The van der Waals surface area contributed by atoms with Crippen LogP contribution in [0.2, 0.25) is 0 Å². The molecule has 1 aromatic rings. The highest BCUT2D eigenvalue weighted by molar-refractivity contribution is 5.94. The second kappa shape index (κ2) is 14.6. The number of aliphatic imine (C=N–C) groups is 1. The number of guanidine groups is 1. The van der Waals surface area contributed by atoms with Crippen molar-refractivity contribution in [1.29, 1.82) is 0 Å². The van der Waals surface area contributed by atoms with Gasteiger partial charge in [-0.15, -0.1) is 0 Å². The van der Waals surface area contributed by atoms with Crippen molar-refractivity contribution in [2.75, 3.05) is 6.54 Å². The second-order valence-corrected chi connectivity index (χ2v) is 8.19. The predicted octanol–water partition coefficient (Wildman–Crippen LogP) is -4.37. The number of nitrogens with one attached hydrogen (secondary N) is 4. The number of carboxylic acids is 1. The monoisotopic (exact) mass is 513 g/mol. The number of carbonyl (C=O) groups excluding carboxylic acids is 3. The van der Waals surface area contributed by atoms with Gasteiger partial charge in [0, 0.05) is 24.9 Å². The van der Waals surface area contributed by atoms with Crippen molar-refractivity contribution in [2.24, 2.45) is 22.2 Å². The van der Waals surface area contributed by atoms with Crippen molar-refractivity contribution in [3.05, 3.63) is 18.2 Å². The first-order chi connectivity index (χ1) is 16.8. The number of amides is 3. The molecule has 1 rings (SSSR count). The Morgan fingerprint density at radius 1 is 1.03 bits per heavy atom. The lowest BCUT2D eigenvalue weighted by atomic mass is 10.1. The van der Waals surface area contributed by atoms with Crippen molar-refractivity contribution in [3.8, 4) is 0 Å². The van der Waals surface area contributed by atoms with E-state index < -0.39 is 60.1 Å². The lowest BCUT2D eigenvalue weighted by Gasteiger charge is -2.27. The van der Waals surface area contributed by atoms with Crippen LogP contribution < -0.4 is 33.2 Å². The van der Waals surface area contributed by atoms with E-state index in [1.54, 1.807) is 0 Å². The normalized spacial score (nSPS) is 15.9. The topological polar surface area (TPSA) is 284 Å². The van der Waals surface area contributed by atoms with Gasteiger partial charge in [-0.25, -0.2) is 9.78 Å². The Morgan fingerprint density at radius 3 is 2.06 bits per heavy atom. The Kier molecular flexibility index (Phi) is 12.3. The molecule has 6 atom stereocenters. The molecule has 13 N–H and O–H groups in total. The number of aromatic amines is 1. The minimum absolute atomic E-state index is 0.0289. The van der Waals surface area contributed by atoms with Gasteiger partial charge < -0.3 is 53.5 Å². The summed E-state index contributed by atoms with van der Waals surface area (Å²) in [5.74, 6) is -4.24. The number of hydrogen-bond acceptors (Lipinski definition) is 9. The average molecular weight is 514 g/mol. The van der Waals surface area contributed by atoms with Crippen LogP contribution in [0.5, 0.6) is 0 Å². The molecule has 36 heavy (non-hydrogen) atoms. The first kappa shape index (κ1) is 30.3. The number of nitrogens with two attached hydrogens (primary N) is 3. The van der Waals surface area contributed by atoms with E-state index in [2.05, 4.69) is 30.9 Å². The van der Waals surface area contributed by atoms with Gasteiger partial charge in [-0.2, -0.15) is 0 Å². The van der Waals surface area contributed by atoms with E-state index >= 15 is 0 Å². The van der Waals surface area contributed by atoms with Gasteiger partial charge in [-0.05, 0) is 26.7 Å². The summed E-state index contributed by atoms with van der Waals surface area (Å²) in [6, 6.07) is -5.54. The number of imidazole rings is 1. The highest BCUT2D eigenvalue weighted by Crippen LogP contribution is 2.04. The molecule has 6 unspecified atom stereocenters. The minimum Gasteiger partial charge on any atom is -0.480 e. The van der Waals surface area contributed by atoms with Crippen LogP contribution in [0.3, 0.4) is 0 Å². The fourth-order valence-electron chi connectivity index (χ4n) is 3.06. The molecule has 16 heteroatoms. The quantitative estimate of drug-likeness (QED) is 0.0607. The lowest BCUT2D eigenvalue weighted by Crippen LogP contribution is -2.62. The third-order valence-corrected chi connectivity index (χ3v) is 5.02. The van der Waals surface area contributed by atoms with E-state index in [0.717, 1.165) is 0 Å². The number of carbonyl (C=O) groups is 4. The van der Waals surface area contributed by atoms with Crippen molar-refractivity contribution < 1.29 is 34.5 Å². The number of H-pyrrole nitrogens is 1. The van der Waals surface area contributed by atoms with Crippen molar-refractivity contribution in [2.45, 2.75) is 69.5 Å². The fourth-order valence-corrected chi connectivity index (χ4v) is 3.06. The van der Waals surface area contributed by atoms with Gasteiger partial charge in [-0.1, -0.05) is 0 Å². The molecule has 3 amide bonds. The molecule has 1 aromatic heterocycles. The number of nitrogens with zero attached hydrogens (tertiary/aromatic N) is 2. The molecule has 0 saturated carbocycles. The van der Waals surface area contributed by atoms with Crippen LogP contribution in [0, 0.1) is 0 Å². The Morgan fingerprint density at radius 2 is 1.58 bits per heavy atom. The van der Waals surface area contributed by atoms with Crippen molar-refractivity contribution >= 4 is 29.7 Å². The summed E-state index contributed by atoms with van der Waals surface area (Å²) in [5, 5.41) is 36.3. The Balaban J connectivity index is 2.83. The van der Waals surface area contributed by atoms with E-state index in [1.807, 2.05) is 0 Å². The van der Waals surface area contributed by atoms with Crippen molar-refractivity contribution in [1.82, 2.24) is 25.9 Å². The third kappa shape index (κ3) is 10.2. The molecule has 0 aromatic carbocycles. The standard InChI is InChI=1S/C20H35N9O7/c1-9(30)14(17(33)27-13(19(35)36)4-3-5-25-20(22)23)29-18(34)15(10(2)31)28-16(32)12(21)6-11-7-24-8-26-11/h7-10,12-15,30-31H,3-6,21H2,1-2H3,(H,24,26)(H,27,33)(H,28,32)(H,29,34)(H,35,36)(H4,22,23,25). The van der Waals surface area contributed by atoms with Gasteiger partial charge in [0.2, 0.25) is 17.7 Å². The van der Waals surface area contributed by atoms with Crippen LogP contribution >= 0.6 is 0 Å². The summed E-state index contributed by atoms with van der Waals surface area (Å²) in [4.78, 5) is 59.8. The summed E-state index contributed by atoms with van der Waals surface area (Å²) < 4.78 is 0. The molecular weight excluding hydrogens is 478 g/mol. The third-order valence-electron chi connectivity index (χ3n) is 5.02. The molecule has 0 aliphatic heterocycles. The zero-order chi connectivity index (χ0) is 27.4. The van der Waals surface area contributed by atoms with Gasteiger partial charge >= 0.3 is 5.97 Å². The van der Waals surface area contributed by atoms with Crippen LogP contribution in [0.1, 0.15) is 32.4 Å². The SMILES string of the molecule is CC(O)C(NC(=O)C(N)Cc1cnc[nH]1)C(=O)NC(C(=O)NC(CCCN=C(N)N)C(=O)O)C(C)O. The summed E-state index contributed by atoms with van der Waals surface area (Å²) in [7, 11) is 0. The van der Waals surface area contributed by atoms with Crippen LogP contribution in [0.4, 0.5) is 0 Å². The van der Waals surface area contributed by atoms with Crippen LogP contribution in [0.25, 0.3) is 0 Å². The Hall–Kier alpha value is -3.76. The van der Waals surface area contributed by atoms with E-state index in [4.69, 9.17) is 17.2 Å². The highest BCUT2D eigenvalue weighted by Gasteiger charge is 2.34. The van der Waals surface area contributed by atoms with Crippen LogP contribution in [0.15, 0.2) is 17.5 Å². The van der Waals surface area contributed by atoms with E-state index in [9.17, 15) is 34.5 Å². The predicted molar refractivity (Wildman–Crippen MR) is 127 cm³/mol. The number of aliphatic hydroxyl groups is 2. The second-order valence-electron chi connectivity index (χ2n) is 8.19. The van der Waals surface area contributed by atoms with Gasteiger partial charge in [0.25, 0.3) is 0 Å². The highest BCUT2D eigenvalue weighted by atomic mass is 16.4. The molecule has 0 fully saturated rings. The summed E-state index contributed by atoms with van der Waals surface area (Å²) in [6.07, 6.45) is 0.328. The maximum absolute atomic E-state index is 12.8. The van der Waals surface area contributed by atoms with Crippen LogP contribution in [-0.2, 0) is 25.6 Å². The smallest absolute Gasteiger partial charge is 0.326 e. The number of aromatic nitrogens is 2. The zero-order valence-corrected chi connectivity index (χ0v) is 20.0. The number of carboxylic acid groups (broad SMARTS) is 1. The molecule has 0 aliphatic rings. The number of hydrogen-bond donors (Lipinski definition) is 10. The Labute approximate surface area is 207 Å². The number of aliphatic carboxylic acids is 1. The van der Waals surface area contributed by atoms with Crippen LogP contribution in [-0.4, -0.2) is 97.9 Å². The van der Waals surface area contributed by atoms with Gasteiger partial charge in [0.1, 0.15) is 18.1 Å². The average Bonchev–Trinajstić information content (AvgIpc) is 3.29. The first-order valence-corrected chi connectivity index (χ1v) is 11.1. The molecule has 0 bridgehead atoms. The minimum atomic E-state index is -1.59. The summed E-state index contributed by atoms with van der Waals surface area (Å²) in [5.41, 5.74) is 16.8. The summed E-state index contributed by atoms with van der Waals surface area (Å²) in [6.45, 7) is 2.57. The van der Waals surface area contributed by atoms with E-state index in [1.165, 1.54) is 26.4 Å². The fraction of sp³-hybridized carbons (Fsp3) is 0.600. The maximum Gasteiger partial charge on any atom is 0.326 e. The van der Waals surface area contributed by atoms with Gasteiger partial charge in [0.05, 0.1) is 24.6 Å². The van der Waals surface area contributed by atoms with E-state index in [-0.39, 0.29) is 31.8 Å². The number of aliphatic hydroxyl groups excluding tert-OH is 2. The number of rotatable bonds is 15. The van der Waals surface area contributed by atoms with Gasteiger partial charge in [0.15, 0.2) is 5.96 Å². The molecule has 1 heterocycles. The molecule has 0 aliphatic carbocycles. The maximum atomic E-state index is 12.8. The zero-order valence-electron chi connectivity index (χ0n) is 20.0. The van der Waals surface area contributed by atoms with Gasteiger partial charge in [-0.3, -0.25) is 19.4 Å². The Bertz CT molecular complexity index is 901. The van der Waals surface area contributed by atoms with Crippen molar-refractivity contribution in [3.63, 3.8) is 0 Å². The molecule has 0 saturated heterocycles. The van der Waals surface area contributed by atoms with E-state index in [0.29, 0.717) is 5.69 Å². The molecular formula is C20H35N9O7. The molecule has 0 radical (unpaired) electrons. The molecule has 16 nitrogen and oxygen atoms in total. The molecule has 0 spiro atoms. The largest absolute Gasteiger partial charge is 0.480 e. The lowest BCUT2D eigenvalue weighted by molar-refractivity contribution is -0.143. The molecule has 202 valence electrons. The first-order valence-electron chi connectivity index (χ1n) is 11.1. The summed E-state index contributed by atoms with van der Waals surface area (Å²) >= 11 is 0.